The maximum Gasteiger partial charge on any atom is 0.331 e. The van der Waals surface area contributed by atoms with Crippen molar-refractivity contribution < 1.29 is 19.1 Å². The van der Waals surface area contributed by atoms with E-state index in [0.717, 1.165) is 16.9 Å². The van der Waals surface area contributed by atoms with E-state index >= 15 is 0 Å². The van der Waals surface area contributed by atoms with E-state index in [1.807, 2.05) is 68.4 Å². The van der Waals surface area contributed by atoms with Crippen LogP contribution in [0.3, 0.4) is 0 Å². The van der Waals surface area contributed by atoms with Gasteiger partial charge in [0.25, 0.3) is 5.91 Å². The molecule has 0 radical (unpaired) electrons. The molecule has 0 saturated heterocycles. The molecule has 2 aromatic rings. The standard InChI is InChI=1S/C22H25NO4/c1-4-26-20-13-10-18(11-14-20)12-15-22(25)27-16-21(24)23(3)17(2)19-8-6-5-7-9-19/h5-15,17H,4,16H2,1-3H3/b15-12+/t17-/m0/s1. The summed E-state index contributed by atoms with van der Waals surface area (Å²) in [5.41, 5.74) is 1.87. The van der Waals surface area contributed by atoms with Gasteiger partial charge in [0.1, 0.15) is 5.75 Å². The summed E-state index contributed by atoms with van der Waals surface area (Å²) in [5, 5.41) is 0. The summed E-state index contributed by atoms with van der Waals surface area (Å²) in [5.74, 6) is -0.0365. The zero-order valence-corrected chi connectivity index (χ0v) is 15.9. The predicted molar refractivity (Wildman–Crippen MR) is 105 cm³/mol. The number of ether oxygens (including phenoxy) is 2. The van der Waals surface area contributed by atoms with Crippen molar-refractivity contribution in [1.82, 2.24) is 4.90 Å². The fourth-order valence-electron chi connectivity index (χ4n) is 2.46. The van der Waals surface area contributed by atoms with E-state index in [-0.39, 0.29) is 18.6 Å². The lowest BCUT2D eigenvalue weighted by atomic mass is 10.1. The van der Waals surface area contributed by atoms with Gasteiger partial charge in [-0.2, -0.15) is 0 Å². The second-order valence-electron chi connectivity index (χ2n) is 6.03. The second-order valence-corrected chi connectivity index (χ2v) is 6.03. The van der Waals surface area contributed by atoms with Gasteiger partial charge in [0.05, 0.1) is 12.6 Å². The molecule has 0 unspecified atom stereocenters. The summed E-state index contributed by atoms with van der Waals surface area (Å²) >= 11 is 0. The number of likely N-dealkylation sites (N-methyl/N-ethyl adjacent to an activating group) is 1. The minimum absolute atomic E-state index is 0.100. The van der Waals surface area contributed by atoms with Crippen molar-refractivity contribution in [2.75, 3.05) is 20.3 Å². The van der Waals surface area contributed by atoms with Gasteiger partial charge in [-0.1, -0.05) is 42.5 Å². The van der Waals surface area contributed by atoms with Gasteiger partial charge in [0.15, 0.2) is 6.61 Å². The zero-order valence-electron chi connectivity index (χ0n) is 15.9. The maximum atomic E-state index is 12.2. The van der Waals surface area contributed by atoms with Crippen LogP contribution in [-0.4, -0.2) is 37.0 Å². The molecule has 0 fully saturated rings. The van der Waals surface area contributed by atoms with Crippen molar-refractivity contribution in [2.24, 2.45) is 0 Å². The van der Waals surface area contributed by atoms with Crippen molar-refractivity contribution >= 4 is 18.0 Å². The smallest absolute Gasteiger partial charge is 0.331 e. The predicted octanol–water partition coefficient (Wildman–Crippen LogP) is 3.86. The van der Waals surface area contributed by atoms with Crippen LogP contribution in [0.2, 0.25) is 0 Å². The van der Waals surface area contributed by atoms with Crippen molar-refractivity contribution in [2.45, 2.75) is 19.9 Å². The van der Waals surface area contributed by atoms with Crippen molar-refractivity contribution in [1.29, 1.82) is 0 Å². The van der Waals surface area contributed by atoms with Crippen LogP contribution in [0.15, 0.2) is 60.7 Å². The molecule has 0 aliphatic rings. The van der Waals surface area contributed by atoms with Gasteiger partial charge in [0.2, 0.25) is 0 Å². The van der Waals surface area contributed by atoms with E-state index in [1.165, 1.54) is 6.08 Å². The minimum atomic E-state index is -0.557. The Labute approximate surface area is 160 Å². The number of hydrogen-bond acceptors (Lipinski definition) is 4. The van der Waals surface area contributed by atoms with E-state index in [2.05, 4.69) is 0 Å². The topological polar surface area (TPSA) is 55.8 Å². The first kappa shape index (κ1) is 20.2. The highest BCUT2D eigenvalue weighted by atomic mass is 16.5. The van der Waals surface area contributed by atoms with Gasteiger partial charge in [-0.25, -0.2) is 4.79 Å². The highest BCUT2D eigenvalue weighted by molar-refractivity contribution is 5.89. The quantitative estimate of drug-likeness (QED) is 0.525. The number of rotatable bonds is 8. The number of hydrogen-bond donors (Lipinski definition) is 0. The highest BCUT2D eigenvalue weighted by Crippen LogP contribution is 2.18. The van der Waals surface area contributed by atoms with Crippen LogP contribution in [0.5, 0.6) is 5.75 Å². The summed E-state index contributed by atoms with van der Waals surface area (Å²) in [7, 11) is 1.70. The summed E-state index contributed by atoms with van der Waals surface area (Å²) in [6, 6.07) is 16.9. The first-order valence-electron chi connectivity index (χ1n) is 8.89. The molecule has 27 heavy (non-hydrogen) atoms. The Balaban J connectivity index is 1.82. The van der Waals surface area contributed by atoms with Crippen LogP contribution in [0, 0.1) is 0 Å². The number of benzene rings is 2. The lowest BCUT2D eigenvalue weighted by Crippen LogP contribution is -2.33. The largest absolute Gasteiger partial charge is 0.494 e. The lowest BCUT2D eigenvalue weighted by Gasteiger charge is -2.25. The average Bonchev–Trinajstić information content (AvgIpc) is 2.71. The van der Waals surface area contributed by atoms with Gasteiger partial charge in [0, 0.05) is 13.1 Å². The summed E-state index contributed by atoms with van der Waals surface area (Å²) in [6.45, 7) is 4.16. The number of nitrogens with zero attached hydrogens (tertiary/aromatic N) is 1. The Morgan fingerprint density at radius 3 is 2.37 bits per heavy atom. The fourth-order valence-corrected chi connectivity index (χ4v) is 2.46. The molecule has 2 rings (SSSR count). The van der Waals surface area contributed by atoms with Crippen LogP contribution in [0.1, 0.15) is 31.0 Å². The Morgan fingerprint density at radius 1 is 1.07 bits per heavy atom. The van der Waals surface area contributed by atoms with Crippen LogP contribution in [-0.2, 0) is 14.3 Å². The molecule has 0 aromatic heterocycles. The van der Waals surface area contributed by atoms with Gasteiger partial charge in [-0.3, -0.25) is 4.79 Å². The molecule has 0 spiro atoms. The van der Waals surface area contributed by atoms with Crippen LogP contribution >= 0.6 is 0 Å². The molecular formula is C22H25NO4. The van der Waals surface area contributed by atoms with E-state index in [0.29, 0.717) is 6.61 Å². The van der Waals surface area contributed by atoms with Gasteiger partial charge >= 0.3 is 5.97 Å². The Bertz CT molecular complexity index is 769. The van der Waals surface area contributed by atoms with Gasteiger partial charge < -0.3 is 14.4 Å². The fraction of sp³-hybridized carbons (Fsp3) is 0.273. The molecule has 0 N–H and O–H groups in total. The van der Waals surface area contributed by atoms with E-state index in [9.17, 15) is 9.59 Å². The maximum absolute atomic E-state index is 12.2. The molecule has 0 aliphatic carbocycles. The van der Waals surface area contributed by atoms with E-state index < -0.39 is 5.97 Å². The Morgan fingerprint density at radius 2 is 1.74 bits per heavy atom. The number of carbonyl (C=O) groups is 2. The molecule has 1 amide bonds. The molecule has 0 saturated carbocycles. The lowest BCUT2D eigenvalue weighted by molar-refractivity contribution is -0.148. The zero-order chi connectivity index (χ0) is 19.6. The van der Waals surface area contributed by atoms with E-state index in [4.69, 9.17) is 9.47 Å². The molecule has 0 heterocycles. The summed E-state index contributed by atoms with van der Waals surface area (Å²) < 4.78 is 10.4. The molecule has 1 atom stereocenters. The van der Waals surface area contributed by atoms with Gasteiger partial charge in [-0.05, 0) is 43.2 Å². The molecular weight excluding hydrogens is 342 g/mol. The normalized spacial score (nSPS) is 11.8. The summed E-state index contributed by atoms with van der Waals surface area (Å²) in [4.78, 5) is 25.7. The molecule has 0 bridgehead atoms. The highest BCUT2D eigenvalue weighted by Gasteiger charge is 2.18. The first-order valence-corrected chi connectivity index (χ1v) is 8.89. The Hall–Kier alpha value is -3.08. The van der Waals surface area contributed by atoms with Crippen molar-refractivity contribution in [3.63, 3.8) is 0 Å². The molecule has 2 aromatic carbocycles. The van der Waals surface area contributed by atoms with Crippen LogP contribution in [0.4, 0.5) is 0 Å². The second kappa shape index (κ2) is 10.2. The first-order chi connectivity index (χ1) is 13.0. The van der Waals surface area contributed by atoms with Crippen molar-refractivity contribution in [3.05, 3.63) is 71.8 Å². The van der Waals surface area contributed by atoms with E-state index in [1.54, 1.807) is 18.0 Å². The third-order valence-corrected chi connectivity index (χ3v) is 4.20. The monoisotopic (exact) mass is 367 g/mol. The third-order valence-electron chi connectivity index (χ3n) is 4.20. The molecule has 142 valence electrons. The number of esters is 1. The SMILES string of the molecule is CCOc1ccc(/C=C/C(=O)OCC(=O)N(C)[C@@H](C)c2ccccc2)cc1. The summed E-state index contributed by atoms with van der Waals surface area (Å²) in [6.07, 6.45) is 2.95. The average molecular weight is 367 g/mol. The van der Waals surface area contributed by atoms with Crippen LogP contribution in [0.25, 0.3) is 6.08 Å². The number of carbonyl (C=O) groups excluding carboxylic acids is 2. The van der Waals surface area contributed by atoms with Crippen LogP contribution < -0.4 is 4.74 Å². The van der Waals surface area contributed by atoms with Gasteiger partial charge in [-0.15, -0.1) is 0 Å². The molecule has 5 nitrogen and oxygen atoms in total. The molecule has 0 aliphatic heterocycles. The Kier molecular flexibility index (Phi) is 7.62. The molecule has 5 heteroatoms. The van der Waals surface area contributed by atoms with Crippen molar-refractivity contribution in [3.8, 4) is 5.75 Å². The third kappa shape index (κ3) is 6.29. The number of amides is 1. The minimum Gasteiger partial charge on any atom is -0.494 e.